The van der Waals surface area contributed by atoms with Crippen molar-refractivity contribution in [2.24, 2.45) is 0 Å². The summed E-state index contributed by atoms with van der Waals surface area (Å²) >= 11 is 0. The van der Waals surface area contributed by atoms with Gasteiger partial charge in [-0.1, -0.05) is 0 Å². The Morgan fingerprint density at radius 1 is 1.06 bits per heavy atom. The Balaban J connectivity index is 1.69. The summed E-state index contributed by atoms with van der Waals surface area (Å²) in [5.74, 6) is -0.340. The zero-order valence-electron chi connectivity index (χ0n) is 20.3. The summed E-state index contributed by atoms with van der Waals surface area (Å²) in [5.41, 5.74) is 0.318. The van der Waals surface area contributed by atoms with Gasteiger partial charge in [-0.3, -0.25) is 9.59 Å². The summed E-state index contributed by atoms with van der Waals surface area (Å²) in [5, 5.41) is 7.53. The van der Waals surface area contributed by atoms with Gasteiger partial charge in [0, 0.05) is 5.56 Å². The first kappa shape index (κ1) is 26.1. The van der Waals surface area contributed by atoms with Crippen LogP contribution in [-0.4, -0.2) is 57.9 Å². The summed E-state index contributed by atoms with van der Waals surface area (Å²) in [6.07, 6.45) is 0. The third-order valence-electron chi connectivity index (χ3n) is 5.11. The Kier molecular flexibility index (Phi) is 8.55. The van der Waals surface area contributed by atoms with Gasteiger partial charge < -0.3 is 39.3 Å². The minimum atomic E-state index is -0.940. The van der Waals surface area contributed by atoms with E-state index in [1.54, 1.807) is 32.0 Å². The highest BCUT2D eigenvalue weighted by molar-refractivity contribution is 5.97. The number of methoxy groups -OCH3 is 2. The van der Waals surface area contributed by atoms with Crippen LogP contribution in [-0.2, 0) is 19.1 Å². The van der Waals surface area contributed by atoms with Gasteiger partial charge in [-0.2, -0.15) is 0 Å². The number of aryl methyl sites for hydroxylation is 1. The molecule has 0 saturated carbocycles. The number of carbonyl (C=O) groups is 4. The van der Waals surface area contributed by atoms with E-state index in [0.717, 1.165) is 0 Å². The standard InChI is InChI=1S/C24H27N3O9/c1-5-34-23(30)20-15(26-24(31)27-21(20)17-8-6-13(2)36-17)12-35-19(28)11-25-22(29)14-7-9-16(32-3)18(10-14)33-4/h6-10,21H,5,11-12H2,1-4H3,(H,25,29)(H2,26,27,31). The highest BCUT2D eigenvalue weighted by Crippen LogP contribution is 2.29. The molecule has 0 spiro atoms. The van der Waals surface area contributed by atoms with Gasteiger partial charge in [-0.25, -0.2) is 9.59 Å². The number of urea groups is 1. The number of nitrogens with one attached hydrogen (secondary N) is 3. The maximum absolute atomic E-state index is 12.7. The van der Waals surface area contributed by atoms with E-state index < -0.39 is 43.1 Å². The van der Waals surface area contributed by atoms with Crippen LogP contribution in [0.2, 0.25) is 0 Å². The molecule has 12 nitrogen and oxygen atoms in total. The molecule has 0 fully saturated rings. The number of ether oxygens (including phenoxy) is 4. The average molecular weight is 501 g/mol. The van der Waals surface area contributed by atoms with E-state index in [9.17, 15) is 19.2 Å². The summed E-state index contributed by atoms with van der Waals surface area (Å²) in [6, 6.07) is 6.30. The van der Waals surface area contributed by atoms with Crippen molar-refractivity contribution in [1.82, 2.24) is 16.0 Å². The second kappa shape index (κ2) is 11.8. The molecular weight excluding hydrogens is 474 g/mol. The van der Waals surface area contributed by atoms with Crippen molar-refractivity contribution in [1.29, 1.82) is 0 Å². The number of hydrogen-bond donors (Lipinski definition) is 3. The second-order valence-electron chi connectivity index (χ2n) is 7.51. The van der Waals surface area contributed by atoms with Crippen LogP contribution in [0.3, 0.4) is 0 Å². The summed E-state index contributed by atoms with van der Waals surface area (Å²) < 4.78 is 26.2. The number of carbonyl (C=O) groups excluding carboxylic acids is 4. The lowest BCUT2D eigenvalue weighted by atomic mass is 10.0. The zero-order valence-corrected chi connectivity index (χ0v) is 20.3. The van der Waals surface area contributed by atoms with Crippen LogP contribution in [0.5, 0.6) is 11.5 Å². The molecule has 1 aliphatic rings. The van der Waals surface area contributed by atoms with Gasteiger partial charge in [0.2, 0.25) is 0 Å². The smallest absolute Gasteiger partial charge is 0.338 e. The molecule has 0 bridgehead atoms. The fraction of sp³-hybridized carbons (Fsp3) is 0.333. The Morgan fingerprint density at radius 2 is 1.81 bits per heavy atom. The minimum absolute atomic E-state index is 0.0352. The fourth-order valence-electron chi connectivity index (χ4n) is 3.44. The lowest BCUT2D eigenvalue weighted by Gasteiger charge is -2.27. The third kappa shape index (κ3) is 6.14. The monoisotopic (exact) mass is 501 g/mol. The first-order valence-corrected chi connectivity index (χ1v) is 11.0. The van der Waals surface area contributed by atoms with Gasteiger partial charge >= 0.3 is 18.0 Å². The molecule has 1 aliphatic heterocycles. The lowest BCUT2D eigenvalue weighted by Crippen LogP contribution is -2.47. The van der Waals surface area contributed by atoms with Gasteiger partial charge in [0.1, 0.15) is 30.7 Å². The maximum Gasteiger partial charge on any atom is 0.338 e. The summed E-state index contributed by atoms with van der Waals surface area (Å²) in [7, 11) is 2.91. The Bertz CT molecular complexity index is 1190. The molecule has 3 amide bonds. The predicted molar refractivity (Wildman–Crippen MR) is 124 cm³/mol. The van der Waals surface area contributed by atoms with E-state index in [1.165, 1.54) is 26.4 Å². The second-order valence-corrected chi connectivity index (χ2v) is 7.51. The number of hydrogen-bond acceptors (Lipinski definition) is 9. The molecule has 12 heteroatoms. The van der Waals surface area contributed by atoms with Crippen molar-refractivity contribution in [3.63, 3.8) is 0 Å². The van der Waals surface area contributed by atoms with Crippen LogP contribution in [0.4, 0.5) is 4.79 Å². The van der Waals surface area contributed by atoms with Crippen LogP contribution in [0.1, 0.15) is 34.8 Å². The number of esters is 2. The zero-order chi connectivity index (χ0) is 26.2. The van der Waals surface area contributed by atoms with Gasteiger partial charge in [0.15, 0.2) is 11.5 Å². The predicted octanol–water partition coefficient (Wildman–Crippen LogP) is 1.75. The Hall–Kier alpha value is -4.48. The summed E-state index contributed by atoms with van der Waals surface area (Å²) in [6.45, 7) is 2.56. The molecule has 1 atom stereocenters. The SMILES string of the molecule is CCOC(=O)C1=C(COC(=O)CNC(=O)c2ccc(OC)c(OC)c2)NC(=O)NC1c1ccc(C)o1. The molecular formula is C24H27N3O9. The van der Waals surface area contributed by atoms with Crippen molar-refractivity contribution in [3.05, 3.63) is 58.7 Å². The Labute approximate surface area is 206 Å². The number of amides is 3. The van der Waals surface area contributed by atoms with Crippen molar-refractivity contribution in [3.8, 4) is 11.5 Å². The quantitative estimate of drug-likeness (QED) is 0.413. The van der Waals surface area contributed by atoms with E-state index in [2.05, 4.69) is 16.0 Å². The van der Waals surface area contributed by atoms with Gasteiger partial charge in [0.25, 0.3) is 5.91 Å². The number of rotatable bonds is 10. The number of benzene rings is 1. The molecule has 2 aromatic rings. The Morgan fingerprint density at radius 3 is 2.44 bits per heavy atom. The highest BCUT2D eigenvalue weighted by Gasteiger charge is 2.36. The van der Waals surface area contributed by atoms with Crippen LogP contribution in [0.15, 0.2) is 46.0 Å². The van der Waals surface area contributed by atoms with Crippen molar-refractivity contribution in [2.45, 2.75) is 19.9 Å². The highest BCUT2D eigenvalue weighted by atomic mass is 16.5. The van der Waals surface area contributed by atoms with Crippen LogP contribution in [0, 0.1) is 6.92 Å². The van der Waals surface area contributed by atoms with E-state index >= 15 is 0 Å². The molecule has 3 rings (SSSR count). The van der Waals surface area contributed by atoms with E-state index in [4.69, 9.17) is 23.4 Å². The van der Waals surface area contributed by atoms with Crippen LogP contribution in [0.25, 0.3) is 0 Å². The molecule has 1 unspecified atom stereocenters. The molecule has 0 saturated heterocycles. The molecule has 2 heterocycles. The van der Waals surface area contributed by atoms with Gasteiger partial charge in [-0.15, -0.1) is 0 Å². The molecule has 1 aromatic carbocycles. The van der Waals surface area contributed by atoms with Crippen LogP contribution >= 0.6 is 0 Å². The summed E-state index contributed by atoms with van der Waals surface area (Å²) in [4.78, 5) is 49.7. The molecule has 3 N–H and O–H groups in total. The van der Waals surface area contributed by atoms with E-state index in [0.29, 0.717) is 23.0 Å². The molecule has 1 aromatic heterocycles. The van der Waals surface area contributed by atoms with Crippen molar-refractivity contribution in [2.75, 3.05) is 34.0 Å². The van der Waals surface area contributed by atoms with Gasteiger partial charge in [0.05, 0.1) is 32.1 Å². The fourth-order valence-corrected chi connectivity index (χ4v) is 3.44. The molecule has 0 aliphatic carbocycles. The number of furan rings is 1. The average Bonchev–Trinajstić information content (AvgIpc) is 3.31. The molecule has 0 radical (unpaired) electrons. The topological polar surface area (TPSA) is 154 Å². The maximum atomic E-state index is 12.7. The minimum Gasteiger partial charge on any atom is -0.493 e. The van der Waals surface area contributed by atoms with Crippen LogP contribution < -0.4 is 25.4 Å². The third-order valence-corrected chi connectivity index (χ3v) is 5.11. The van der Waals surface area contributed by atoms with E-state index in [-0.39, 0.29) is 23.4 Å². The van der Waals surface area contributed by atoms with Gasteiger partial charge in [-0.05, 0) is 44.2 Å². The first-order chi connectivity index (χ1) is 17.3. The molecule has 192 valence electrons. The van der Waals surface area contributed by atoms with Crippen molar-refractivity contribution >= 4 is 23.9 Å². The molecule has 36 heavy (non-hydrogen) atoms. The largest absolute Gasteiger partial charge is 0.493 e. The lowest BCUT2D eigenvalue weighted by molar-refractivity contribution is -0.142. The van der Waals surface area contributed by atoms with Crippen molar-refractivity contribution < 1.29 is 42.5 Å². The van der Waals surface area contributed by atoms with E-state index in [1.807, 2.05) is 0 Å². The first-order valence-electron chi connectivity index (χ1n) is 11.0. The normalized spacial score (nSPS) is 14.9.